The van der Waals surface area contributed by atoms with Gasteiger partial charge in [0.25, 0.3) is 0 Å². The van der Waals surface area contributed by atoms with E-state index in [2.05, 4.69) is 11.1 Å². The zero-order valence-electron chi connectivity index (χ0n) is 15.6. The molecule has 0 saturated heterocycles. The van der Waals surface area contributed by atoms with E-state index in [9.17, 15) is 5.26 Å². The topological polar surface area (TPSA) is 82.2 Å². The van der Waals surface area contributed by atoms with Gasteiger partial charge in [-0.1, -0.05) is 0 Å². The minimum Gasteiger partial charge on any atom is -0.497 e. The standard InChI is InChI=1S/C22H16N4O3/c1-27-16-5-6-17(14(11-16)13-23)21-25-18-3-2-8-24-22(18)26(21)15-4-7-19-20(12-15)29-10-9-28-19/h2-8,11-12H,9-10H2,1H3. The van der Waals surface area contributed by atoms with Crippen molar-refractivity contribution in [3.8, 4) is 40.4 Å². The van der Waals surface area contributed by atoms with Crippen LogP contribution in [0.3, 0.4) is 0 Å². The number of fused-ring (bicyclic) bond motifs is 2. The van der Waals surface area contributed by atoms with Crippen LogP contribution in [0, 0.1) is 11.3 Å². The number of aromatic nitrogens is 3. The average molecular weight is 384 g/mol. The van der Waals surface area contributed by atoms with Gasteiger partial charge in [-0.2, -0.15) is 5.26 Å². The van der Waals surface area contributed by atoms with E-state index in [0.717, 1.165) is 11.2 Å². The molecule has 2 aromatic heterocycles. The number of hydrogen-bond acceptors (Lipinski definition) is 6. The van der Waals surface area contributed by atoms with Crippen molar-refractivity contribution in [3.05, 3.63) is 60.3 Å². The average Bonchev–Trinajstić information content (AvgIpc) is 3.17. The first-order chi connectivity index (χ1) is 14.3. The van der Waals surface area contributed by atoms with Crippen molar-refractivity contribution >= 4 is 11.2 Å². The van der Waals surface area contributed by atoms with Crippen molar-refractivity contribution in [2.75, 3.05) is 20.3 Å². The third-order valence-electron chi connectivity index (χ3n) is 4.79. The highest BCUT2D eigenvalue weighted by molar-refractivity contribution is 5.82. The van der Waals surface area contributed by atoms with Crippen LogP contribution in [-0.4, -0.2) is 34.9 Å². The molecule has 0 N–H and O–H groups in total. The summed E-state index contributed by atoms with van der Waals surface area (Å²) < 4.78 is 18.6. The summed E-state index contributed by atoms with van der Waals surface area (Å²) >= 11 is 0. The Kier molecular flexibility index (Phi) is 4.03. The van der Waals surface area contributed by atoms with Crippen molar-refractivity contribution < 1.29 is 14.2 Å². The van der Waals surface area contributed by atoms with Crippen molar-refractivity contribution in [1.82, 2.24) is 14.5 Å². The summed E-state index contributed by atoms with van der Waals surface area (Å²) in [6.45, 7) is 1.04. The molecular formula is C22H16N4O3. The van der Waals surface area contributed by atoms with Gasteiger partial charge in [-0.05, 0) is 42.5 Å². The van der Waals surface area contributed by atoms with Gasteiger partial charge in [0.2, 0.25) is 0 Å². The number of rotatable bonds is 3. The fraction of sp³-hybridized carbons (Fsp3) is 0.136. The lowest BCUT2D eigenvalue weighted by Gasteiger charge is -2.19. The molecule has 1 aliphatic rings. The predicted molar refractivity (Wildman–Crippen MR) is 107 cm³/mol. The molecule has 5 rings (SSSR count). The maximum atomic E-state index is 9.70. The van der Waals surface area contributed by atoms with Crippen molar-refractivity contribution in [1.29, 1.82) is 5.26 Å². The number of pyridine rings is 1. The maximum Gasteiger partial charge on any atom is 0.164 e. The lowest BCUT2D eigenvalue weighted by Crippen LogP contribution is -2.15. The summed E-state index contributed by atoms with van der Waals surface area (Å²) in [5.74, 6) is 2.62. The Morgan fingerprint density at radius 2 is 1.93 bits per heavy atom. The van der Waals surface area contributed by atoms with E-state index in [1.165, 1.54) is 0 Å². The van der Waals surface area contributed by atoms with E-state index < -0.39 is 0 Å². The number of imidazole rings is 1. The minimum atomic E-state index is 0.471. The molecule has 0 atom stereocenters. The molecule has 2 aromatic carbocycles. The summed E-state index contributed by atoms with van der Waals surface area (Å²) in [4.78, 5) is 9.30. The molecule has 0 amide bonds. The molecule has 3 heterocycles. The summed E-state index contributed by atoms with van der Waals surface area (Å²) in [6, 6.07) is 17.1. The van der Waals surface area contributed by atoms with Gasteiger partial charge >= 0.3 is 0 Å². The monoisotopic (exact) mass is 384 g/mol. The molecule has 4 aromatic rings. The molecular weight excluding hydrogens is 368 g/mol. The maximum absolute atomic E-state index is 9.70. The first kappa shape index (κ1) is 17.1. The highest BCUT2D eigenvalue weighted by Gasteiger charge is 2.20. The third-order valence-corrected chi connectivity index (χ3v) is 4.79. The molecule has 1 aliphatic heterocycles. The van der Waals surface area contributed by atoms with Gasteiger partial charge in [-0.25, -0.2) is 9.97 Å². The second-order valence-electron chi connectivity index (χ2n) is 6.47. The van der Waals surface area contributed by atoms with Crippen LogP contribution >= 0.6 is 0 Å². The number of nitrogens with zero attached hydrogens (tertiary/aromatic N) is 4. The fourth-order valence-electron chi connectivity index (χ4n) is 3.45. The molecule has 7 nitrogen and oxygen atoms in total. The van der Waals surface area contributed by atoms with E-state index in [4.69, 9.17) is 19.2 Å². The van der Waals surface area contributed by atoms with Gasteiger partial charge < -0.3 is 14.2 Å². The molecule has 0 unspecified atom stereocenters. The van der Waals surface area contributed by atoms with Crippen molar-refractivity contribution in [3.63, 3.8) is 0 Å². The van der Waals surface area contributed by atoms with Gasteiger partial charge in [0.1, 0.15) is 36.4 Å². The summed E-state index contributed by atoms with van der Waals surface area (Å²) in [7, 11) is 1.57. The van der Waals surface area contributed by atoms with Crippen LogP contribution in [0.25, 0.3) is 28.2 Å². The zero-order valence-corrected chi connectivity index (χ0v) is 15.6. The molecule has 7 heteroatoms. The van der Waals surface area contributed by atoms with Crippen molar-refractivity contribution in [2.24, 2.45) is 0 Å². The van der Waals surface area contributed by atoms with Crippen LogP contribution in [0.1, 0.15) is 5.56 Å². The van der Waals surface area contributed by atoms with Crippen LogP contribution in [0.15, 0.2) is 54.7 Å². The fourth-order valence-corrected chi connectivity index (χ4v) is 3.45. The first-order valence-electron chi connectivity index (χ1n) is 9.10. The van der Waals surface area contributed by atoms with E-state index in [0.29, 0.717) is 53.1 Å². The number of hydrogen-bond donors (Lipinski definition) is 0. The lowest BCUT2D eigenvalue weighted by atomic mass is 10.1. The SMILES string of the molecule is COc1ccc(-c2nc3cccnc3n2-c2ccc3c(c2)OCCO3)c(C#N)c1. The van der Waals surface area contributed by atoms with Gasteiger partial charge in [0.05, 0.1) is 18.4 Å². The highest BCUT2D eigenvalue weighted by Crippen LogP contribution is 2.36. The third kappa shape index (κ3) is 2.82. The Labute approximate surface area is 166 Å². The smallest absolute Gasteiger partial charge is 0.164 e. The largest absolute Gasteiger partial charge is 0.497 e. The van der Waals surface area contributed by atoms with Gasteiger partial charge in [-0.3, -0.25) is 4.57 Å². The van der Waals surface area contributed by atoms with Crippen LogP contribution in [0.5, 0.6) is 17.2 Å². The minimum absolute atomic E-state index is 0.471. The Balaban J connectivity index is 1.77. The second kappa shape index (κ2) is 6.84. The Bertz CT molecular complexity index is 1270. The van der Waals surface area contributed by atoms with Crippen LogP contribution in [0.2, 0.25) is 0 Å². The van der Waals surface area contributed by atoms with Gasteiger partial charge in [-0.15, -0.1) is 0 Å². The van der Waals surface area contributed by atoms with Gasteiger partial charge in [0, 0.05) is 17.8 Å². The summed E-state index contributed by atoms with van der Waals surface area (Å²) in [6.07, 6.45) is 1.72. The molecule has 0 saturated carbocycles. The van der Waals surface area contributed by atoms with Crippen LogP contribution < -0.4 is 14.2 Å². The normalized spacial score (nSPS) is 12.6. The van der Waals surface area contributed by atoms with Crippen LogP contribution in [-0.2, 0) is 0 Å². The molecule has 142 valence electrons. The number of ether oxygens (including phenoxy) is 3. The number of benzene rings is 2. The second-order valence-corrected chi connectivity index (χ2v) is 6.47. The number of methoxy groups -OCH3 is 1. The summed E-state index contributed by atoms with van der Waals surface area (Å²) in [5, 5.41) is 9.70. The van der Waals surface area contributed by atoms with E-state index >= 15 is 0 Å². The Morgan fingerprint density at radius 3 is 2.76 bits per heavy atom. The molecule has 29 heavy (non-hydrogen) atoms. The van der Waals surface area contributed by atoms with E-state index in [-0.39, 0.29) is 0 Å². The van der Waals surface area contributed by atoms with E-state index in [1.54, 1.807) is 19.4 Å². The molecule has 0 radical (unpaired) electrons. The number of nitriles is 1. The van der Waals surface area contributed by atoms with Gasteiger partial charge in [0.15, 0.2) is 17.1 Å². The first-order valence-corrected chi connectivity index (χ1v) is 9.10. The quantitative estimate of drug-likeness (QED) is 0.535. The molecule has 0 spiro atoms. The Morgan fingerprint density at radius 1 is 1.07 bits per heavy atom. The predicted octanol–water partition coefficient (Wildman–Crippen LogP) is 3.74. The van der Waals surface area contributed by atoms with Crippen molar-refractivity contribution in [2.45, 2.75) is 0 Å². The van der Waals surface area contributed by atoms with E-state index in [1.807, 2.05) is 47.0 Å². The summed E-state index contributed by atoms with van der Waals surface area (Å²) in [5.41, 5.74) is 3.42. The molecule has 0 fully saturated rings. The zero-order chi connectivity index (χ0) is 19.8. The highest BCUT2D eigenvalue weighted by atomic mass is 16.6. The Hall–Kier alpha value is -4.05. The molecule has 0 bridgehead atoms. The van der Waals surface area contributed by atoms with Crippen LogP contribution in [0.4, 0.5) is 0 Å². The molecule has 0 aliphatic carbocycles. The lowest BCUT2D eigenvalue weighted by molar-refractivity contribution is 0.171.